The number of halogens is 2. The van der Waals surface area contributed by atoms with Gasteiger partial charge >= 0.3 is 6.29 Å². The van der Waals surface area contributed by atoms with Crippen LogP contribution in [0.2, 0.25) is 0 Å². The Hall–Kier alpha value is -0.450. The zero-order valence-corrected chi connectivity index (χ0v) is 9.79. The molecule has 1 aliphatic carbocycles. The first kappa shape index (κ1) is 11.0. The number of rotatable bonds is 2. The Labute approximate surface area is 92.0 Å². The minimum atomic E-state index is -3.46. The van der Waals surface area contributed by atoms with Crippen molar-refractivity contribution < 1.29 is 18.3 Å². The van der Waals surface area contributed by atoms with E-state index < -0.39 is 6.29 Å². The molecule has 0 aromatic heterocycles. The average molecular weight is 236 g/mol. The lowest BCUT2D eigenvalue weighted by Gasteiger charge is -2.23. The van der Waals surface area contributed by atoms with Crippen molar-refractivity contribution in [2.45, 2.75) is 38.7 Å². The molecular weight excluding hydrogens is 222 g/mol. The highest BCUT2D eigenvalue weighted by molar-refractivity contribution is 8.00. The summed E-state index contributed by atoms with van der Waals surface area (Å²) in [6, 6.07) is 0. The summed E-state index contributed by atoms with van der Waals surface area (Å²) >= 11 is 1.62. The van der Waals surface area contributed by atoms with Gasteiger partial charge < -0.3 is 9.47 Å². The summed E-state index contributed by atoms with van der Waals surface area (Å²) in [5, 5.41) is 0.00775. The van der Waals surface area contributed by atoms with Gasteiger partial charge in [0.25, 0.3) is 0 Å². The lowest BCUT2D eigenvalue weighted by atomic mass is 9.91. The molecule has 2 aliphatic rings. The van der Waals surface area contributed by atoms with Gasteiger partial charge in [0.2, 0.25) is 0 Å². The summed E-state index contributed by atoms with van der Waals surface area (Å²) in [7, 11) is 0. The first-order valence-corrected chi connectivity index (χ1v) is 6.03. The lowest BCUT2D eigenvalue weighted by molar-refractivity contribution is -0.342. The molecule has 1 heterocycles. The average Bonchev–Trinajstić information content (AvgIpc) is 2.49. The van der Waals surface area contributed by atoms with E-state index >= 15 is 0 Å². The van der Waals surface area contributed by atoms with Crippen LogP contribution < -0.4 is 0 Å². The molecule has 1 atom stereocenters. The van der Waals surface area contributed by atoms with Gasteiger partial charge in [-0.3, -0.25) is 0 Å². The summed E-state index contributed by atoms with van der Waals surface area (Å²) in [4.78, 5) is 0. The summed E-state index contributed by atoms with van der Waals surface area (Å²) in [6.45, 7) is 5.82. The fraction of sp³-hybridized carbons (Fsp3) is 0.800. The lowest BCUT2D eigenvalue weighted by Crippen LogP contribution is -2.25. The molecule has 86 valence electrons. The fourth-order valence-electron chi connectivity index (χ4n) is 2.03. The van der Waals surface area contributed by atoms with Gasteiger partial charge in [0, 0.05) is 5.41 Å². The van der Waals surface area contributed by atoms with E-state index in [4.69, 9.17) is 0 Å². The predicted molar refractivity (Wildman–Crippen MR) is 54.5 cm³/mol. The number of allylic oxidation sites excluding steroid dienone is 1. The van der Waals surface area contributed by atoms with Crippen molar-refractivity contribution in [2.75, 3.05) is 5.75 Å². The van der Waals surface area contributed by atoms with Gasteiger partial charge in [0.1, 0.15) is 0 Å². The zero-order chi connectivity index (χ0) is 11.3. The van der Waals surface area contributed by atoms with Crippen LogP contribution in [0.1, 0.15) is 27.2 Å². The van der Waals surface area contributed by atoms with Crippen LogP contribution in [0, 0.1) is 5.41 Å². The van der Waals surface area contributed by atoms with E-state index in [1.807, 2.05) is 20.8 Å². The smallest absolute Gasteiger partial charge is 0.400 e. The standard InChI is InChI=1S/C10H14F2O2S/c1-4-15-6-5-9(2,3)8-7(6)13-10(11,12)14-8/h6H,4-5H2,1-3H3. The van der Waals surface area contributed by atoms with Crippen LogP contribution in [0.25, 0.3) is 0 Å². The van der Waals surface area contributed by atoms with Crippen LogP contribution >= 0.6 is 11.8 Å². The third-order valence-corrected chi connectivity index (χ3v) is 3.76. The van der Waals surface area contributed by atoms with Crippen molar-refractivity contribution in [1.82, 2.24) is 0 Å². The highest BCUT2D eigenvalue weighted by atomic mass is 32.2. The second-order valence-electron chi connectivity index (χ2n) is 4.39. The Morgan fingerprint density at radius 2 is 2.07 bits per heavy atom. The van der Waals surface area contributed by atoms with Crippen LogP contribution in [0.15, 0.2) is 11.5 Å². The van der Waals surface area contributed by atoms with Crippen molar-refractivity contribution in [1.29, 1.82) is 0 Å². The van der Waals surface area contributed by atoms with E-state index in [2.05, 4.69) is 9.47 Å². The van der Waals surface area contributed by atoms with Gasteiger partial charge in [-0.1, -0.05) is 20.8 Å². The molecule has 1 unspecified atom stereocenters. The second-order valence-corrected chi connectivity index (χ2v) is 5.87. The first-order valence-electron chi connectivity index (χ1n) is 4.98. The van der Waals surface area contributed by atoms with E-state index in [0.717, 1.165) is 12.2 Å². The third-order valence-electron chi connectivity index (χ3n) is 2.64. The third kappa shape index (κ3) is 1.82. The molecule has 0 bridgehead atoms. The second kappa shape index (κ2) is 3.27. The molecule has 0 amide bonds. The zero-order valence-electron chi connectivity index (χ0n) is 8.97. The summed E-state index contributed by atoms with van der Waals surface area (Å²) < 4.78 is 35.0. The maximum atomic E-state index is 12.9. The van der Waals surface area contributed by atoms with Gasteiger partial charge in [-0.2, -0.15) is 11.8 Å². The Kier molecular flexibility index (Phi) is 2.41. The Bertz CT molecular complexity index is 313. The van der Waals surface area contributed by atoms with Crippen LogP contribution in [-0.4, -0.2) is 17.3 Å². The molecule has 15 heavy (non-hydrogen) atoms. The molecule has 0 spiro atoms. The van der Waals surface area contributed by atoms with Gasteiger partial charge in [-0.05, 0) is 12.2 Å². The van der Waals surface area contributed by atoms with Crippen LogP contribution in [0.3, 0.4) is 0 Å². The molecule has 2 nitrogen and oxygen atoms in total. The van der Waals surface area contributed by atoms with Crippen molar-refractivity contribution in [3.8, 4) is 0 Å². The molecule has 0 saturated carbocycles. The fourth-order valence-corrected chi connectivity index (χ4v) is 3.28. The normalized spacial score (nSPS) is 31.1. The van der Waals surface area contributed by atoms with Crippen molar-refractivity contribution >= 4 is 11.8 Å². The highest BCUT2D eigenvalue weighted by Crippen LogP contribution is 2.54. The van der Waals surface area contributed by atoms with Gasteiger partial charge in [-0.25, -0.2) is 0 Å². The van der Waals surface area contributed by atoms with E-state index in [0.29, 0.717) is 11.5 Å². The number of alkyl halides is 2. The largest absolute Gasteiger partial charge is 0.585 e. The Morgan fingerprint density at radius 3 is 2.67 bits per heavy atom. The molecule has 0 N–H and O–H groups in total. The first-order chi connectivity index (χ1) is 6.86. The molecule has 0 saturated heterocycles. The molecular formula is C10H14F2O2S. The highest BCUT2D eigenvalue weighted by Gasteiger charge is 2.55. The van der Waals surface area contributed by atoms with Crippen molar-refractivity contribution in [2.24, 2.45) is 5.41 Å². The number of thioether (sulfide) groups is 1. The number of hydrogen-bond donors (Lipinski definition) is 0. The van der Waals surface area contributed by atoms with Gasteiger partial charge in [-0.15, -0.1) is 8.78 Å². The monoisotopic (exact) mass is 236 g/mol. The van der Waals surface area contributed by atoms with E-state index in [1.54, 1.807) is 11.8 Å². The maximum absolute atomic E-state index is 12.9. The van der Waals surface area contributed by atoms with Crippen LogP contribution in [0.5, 0.6) is 0 Å². The summed E-state index contributed by atoms with van der Waals surface area (Å²) in [5.74, 6) is 1.56. The quantitative estimate of drug-likeness (QED) is 0.732. The van der Waals surface area contributed by atoms with Crippen molar-refractivity contribution in [3.63, 3.8) is 0 Å². The Morgan fingerprint density at radius 1 is 1.40 bits per heavy atom. The molecule has 5 heteroatoms. The summed E-state index contributed by atoms with van der Waals surface area (Å²) in [6.07, 6.45) is -2.67. The topological polar surface area (TPSA) is 18.5 Å². The number of ether oxygens (including phenoxy) is 2. The van der Waals surface area contributed by atoms with E-state index in [1.165, 1.54) is 0 Å². The molecule has 2 rings (SSSR count). The molecule has 0 radical (unpaired) electrons. The number of hydrogen-bond acceptors (Lipinski definition) is 3. The Balaban J connectivity index is 2.24. The van der Waals surface area contributed by atoms with Crippen LogP contribution in [0.4, 0.5) is 8.78 Å². The minimum absolute atomic E-state index is 0.00775. The van der Waals surface area contributed by atoms with E-state index in [-0.39, 0.29) is 10.7 Å². The predicted octanol–water partition coefficient (Wildman–Crippen LogP) is 3.35. The van der Waals surface area contributed by atoms with Crippen LogP contribution in [-0.2, 0) is 9.47 Å². The molecule has 1 aliphatic heterocycles. The molecule has 0 aromatic rings. The molecule has 0 aromatic carbocycles. The maximum Gasteiger partial charge on any atom is 0.585 e. The van der Waals surface area contributed by atoms with E-state index in [9.17, 15) is 8.78 Å². The molecule has 0 fully saturated rings. The van der Waals surface area contributed by atoms with Gasteiger partial charge in [0.15, 0.2) is 11.5 Å². The minimum Gasteiger partial charge on any atom is -0.400 e. The summed E-state index contributed by atoms with van der Waals surface area (Å²) in [5.41, 5.74) is -0.345. The SMILES string of the molecule is CCSC1CC(C)(C)C2=C1OC(F)(F)O2. The van der Waals surface area contributed by atoms with Gasteiger partial charge in [0.05, 0.1) is 5.25 Å². The van der Waals surface area contributed by atoms with Crippen molar-refractivity contribution in [3.05, 3.63) is 11.5 Å².